The van der Waals surface area contributed by atoms with Crippen LogP contribution in [0.2, 0.25) is 0 Å². The summed E-state index contributed by atoms with van der Waals surface area (Å²) in [5.41, 5.74) is -0.660. The molecule has 1 heterocycles. The van der Waals surface area contributed by atoms with E-state index in [1.165, 1.54) is 0 Å². The number of hydrogen-bond donors (Lipinski definition) is 1. The Morgan fingerprint density at radius 2 is 2.00 bits per heavy atom. The molecule has 8 atom stereocenters. The first kappa shape index (κ1) is 21.5. The summed E-state index contributed by atoms with van der Waals surface area (Å²) >= 11 is 0. The molecule has 0 bridgehead atoms. The monoisotopic (exact) mass is 430 g/mol. The molecule has 1 saturated heterocycles. The molecule has 31 heavy (non-hydrogen) atoms. The third kappa shape index (κ3) is 2.78. The van der Waals surface area contributed by atoms with Crippen molar-refractivity contribution in [3.8, 4) is 0 Å². The average Bonchev–Trinajstić information content (AvgIpc) is 2.98. The lowest BCUT2D eigenvalue weighted by Crippen LogP contribution is -2.67. The molecule has 5 aliphatic rings. The number of ketones is 2. The van der Waals surface area contributed by atoms with Gasteiger partial charge in [-0.15, -0.1) is 0 Å². The molecular formula is C25H34O6. The van der Waals surface area contributed by atoms with E-state index in [4.69, 9.17) is 14.2 Å². The molecule has 0 amide bonds. The van der Waals surface area contributed by atoms with Gasteiger partial charge in [-0.3, -0.25) is 9.59 Å². The van der Waals surface area contributed by atoms with Crippen LogP contribution in [0.5, 0.6) is 0 Å². The molecule has 0 aromatic carbocycles. The number of rotatable bonds is 2. The highest BCUT2D eigenvalue weighted by Gasteiger charge is 2.71. The summed E-state index contributed by atoms with van der Waals surface area (Å²) in [7, 11) is 0. The van der Waals surface area contributed by atoms with E-state index in [1.54, 1.807) is 19.1 Å². The van der Waals surface area contributed by atoms with Crippen LogP contribution in [0.1, 0.15) is 59.8 Å². The lowest BCUT2D eigenvalue weighted by Gasteiger charge is -2.61. The summed E-state index contributed by atoms with van der Waals surface area (Å²) < 4.78 is 17.9. The van der Waals surface area contributed by atoms with Gasteiger partial charge in [-0.1, -0.05) is 25.5 Å². The van der Waals surface area contributed by atoms with Gasteiger partial charge < -0.3 is 19.3 Å². The van der Waals surface area contributed by atoms with Crippen molar-refractivity contribution in [2.24, 2.45) is 28.6 Å². The fourth-order valence-corrected chi connectivity index (χ4v) is 7.99. The lowest BCUT2D eigenvalue weighted by atomic mass is 9.46. The normalized spacial score (nSPS) is 51.3. The van der Waals surface area contributed by atoms with Gasteiger partial charge in [0.25, 0.3) is 5.97 Å². The van der Waals surface area contributed by atoms with Crippen LogP contribution in [-0.2, 0) is 23.8 Å². The number of fused-ring (bicyclic) bond motifs is 6. The molecule has 170 valence electrons. The van der Waals surface area contributed by atoms with E-state index in [-0.39, 0.29) is 41.3 Å². The van der Waals surface area contributed by atoms with E-state index in [9.17, 15) is 14.7 Å². The molecule has 1 aliphatic heterocycles. The molecule has 6 nitrogen and oxygen atoms in total. The number of ether oxygens (including phenoxy) is 3. The molecular weight excluding hydrogens is 396 g/mol. The van der Waals surface area contributed by atoms with E-state index in [0.29, 0.717) is 19.4 Å². The number of aliphatic hydroxyl groups is 1. The molecule has 1 spiro atoms. The third-order valence-electron chi connectivity index (χ3n) is 9.30. The number of hydrogen-bond acceptors (Lipinski definition) is 6. The predicted molar refractivity (Wildman–Crippen MR) is 113 cm³/mol. The van der Waals surface area contributed by atoms with Gasteiger partial charge in [0, 0.05) is 30.3 Å². The Labute approximate surface area is 184 Å². The lowest BCUT2D eigenvalue weighted by molar-refractivity contribution is -0.420. The third-order valence-corrected chi connectivity index (χ3v) is 9.30. The number of carbonyl (C=O) groups is 2. The molecule has 0 unspecified atom stereocenters. The summed E-state index contributed by atoms with van der Waals surface area (Å²) in [6, 6.07) is 0. The summed E-state index contributed by atoms with van der Waals surface area (Å²) in [5, 5.41) is 11.5. The SMILES string of the molecule is CCO[C@]1(C)OCC(=O)[C@]2(CC[C@@H]3[C@@H]4CCC5=CC(=O)C=C[C@]5(C)[C@@H]4[C@@H](O)C[C@@]32C)O1. The first-order chi connectivity index (χ1) is 14.6. The van der Waals surface area contributed by atoms with Crippen LogP contribution in [-0.4, -0.2) is 47.6 Å². The minimum Gasteiger partial charge on any atom is -0.393 e. The first-order valence-corrected chi connectivity index (χ1v) is 11.7. The van der Waals surface area contributed by atoms with E-state index in [2.05, 4.69) is 13.8 Å². The zero-order valence-corrected chi connectivity index (χ0v) is 19.0. The molecule has 0 aromatic rings. The summed E-state index contributed by atoms with van der Waals surface area (Å²) in [4.78, 5) is 25.3. The minimum atomic E-state index is -1.25. The van der Waals surface area contributed by atoms with Crippen molar-refractivity contribution in [3.63, 3.8) is 0 Å². The zero-order chi connectivity index (χ0) is 22.2. The summed E-state index contributed by atoms with van der Waals surface area (Å²) in [5.74, 6) is -0.672. The van der Waals surface area contributed by atoms with Crippen molar-refractivity contribution in [3.05, 3.63) is 23.8 Å². The molecule has 4 aliphatic carbocycles. The van der Waals surface area contributed by atoms with Crippen LogP contribution in [0.25, 0.3) is 0 Å². The van der Waals surface area contributed by atoms with Gasteiger partial charge in [-0.25, -0.2) is 0 Å². The minimum absolute atomic E-state index is 0.0293. The molecule has 6 heteroatoms. The average molecular weight is 431 g/mol. The summed E-state index contributed by atoms with van der Waals surface area (Å²) in [6.45, 7) is 8.31. The highest BCUT2D eigenvalue weighted by Crippen LogP contribution is 2.68. The fraction of sp³-hybridized carbons (Fsp3) is 0.760. The van der Waals surface area contributed by atoms with Crippen LogP contribution in [0.4, 0.5) is 0 Å². The second-order valence-corrected chi connectivity index (χ2v) is 10.7. The molecule has 3 saturated carbocycles. The van der Waals surface area contributed by atoms with Gasteiger partial charge in [0.15, 0.2) is 11.6 Å². The second kappa shape index (κ2) is 6.83. The summed E-state index contributed by atoms with van der Waals surface area (Å²) in [6.07, 6.45) is 8.65. The van der Waals surface area contributed by atoms with Gasteiger partial charge in [-0.05, 0) is 63.0 Å². The Balaban J connectivity index is 1.53. The maximum absolute atomic E-state index is 13.3. The Bertz CT molecular complexity index is 877. The van der Waals surface area contributed by atoms with Gasteiger partial charge in [0.05, 0.1) is 6.10 Å². The Hall–Kier alpha value is -1.34. The number of aliphatic hydroxyl groups excluding tert-OH is 1. The zero-order valence-electron chi connectivity index (χ0n) is 19.0. The van der Waals surface area contributed by atoms with Crippen molar-refractivity contribution in [2.75, 3.05) is 13.2 Å². The molecule has 1 N–H and O–H groups in total. The number of Topliss-reactive ketones (excluding diaryl/α,β-unsaturated/α-hetero) is 1. The Morgan fingerprint density at radius 3 is 2.74 bits per heavy atom. The van der Waals surface area contributed by atoms with Crippen LogP contribution in [0.3, 0.4) is 0 Å². The van der Waals surface area contributed by atoms with E-state index in [0.717, 1.165) is 24.8 Å². The largest absolute Gasteiger partial charge is 0.393 e. The number of allylic oxidation sites excluding steroid dienone is 4. The van der Waals surface area contributed by atoms with Gasteiger partial charge >= 0.3 is 0 Å². The van der Waals surface area contributed by atoms with Crippen LogP contribution in [0.15, 0.2) is 23.8 Å². The standard InChI is InChI=1S/C25H34O6/c1-5-29-24(4)30-14-20(28)25(31-24)11-9-18-17-7-6-15-12-16(26)8-10-22(15,2)21(17)19(27)13-23(18,25)3/h8,10,12,17-19,21,27H,5-7,9,11,13-14H2,1-4H3/t17-,18+,19-,21-,22-,23-,24+,25-/m0/s1. The van der Waals surface area contributed by atoms with Crippen molar-refractivity contribution in [2.45, 2.75) is 77.5 Å². The quantitative estimate of drug-likeness (QED) is 0.724. The molecule has 5 rings (SSSR count). The van der Waals surface area contributed by atoms with Crippen LogP contribution in [0, 0.1) is 28.6 Å². The van der Waals surface area contributed by atoms with E-state index >= 15 is 0 Å². The van der Waals surface area contributed by atoms with Gasteiger partial charge in [0.1, 0.15) is 12.2 Å². The Kier molecular flexibility index (Phi) is 4.74. The molecule has 0 aromatic heterocycles. The number of carbonyl (C=O) groups excluding carboxylic acids is 2. The van der Waals surface area contributed by atoms with Crippen molar-refractivity contribution in [1.29, 1.82) is 0 Å². The first-order valence-electron chi connectivity index (χ1n) is 11.7. The van der Waals surface area contributed by atoms with Crippen molar-refractivity contribution < 1.29 is 28.9 Å². The highest BCUT2D eigenvalue weighted by molar-refractivity contribution is 6.01. The van der Waals surface area contributed by atoms with Crippen LogP contribution >= 0.6 is 0 Å². The molecule has 4 fully saturated rings. The fourth-order valence-electron chi connectivity index (χ4n) is 7.99. The van der Waals surface area contributed by atoms with E-state index in [1.807, 2.05) is 13.0 Å². The maximum Gasteiger partial charge on any atom is 0.281 e. The maximum atomic E-state index is 13.3. The van der Waals surface area contributed by atoms with Crippen molar-refractivity contribution >= 4 is 11.6 Å². The Morgan fingerprint density at radius 1 is 1.23 bits per heavy atom. The van der Waals surface area contributed by atoms with Gasteiger partial charge in [0.2, 0.25) is 0 Å². The van der Waals surface area contributed by atoms with Gasteiger partial charge in [-0.2, -0.15) is 0 Å². The van der Waals surface area contributed by atoms with Crippen molar-refractivity contribution in [1.82, 2.24) is 0 Å². The second-order valence-electron chi connectivity index (χ2n) is 10.7. The van der Waals surface area contributed by atoms with Crippen LogP contribution < -0.4 is 0 Å². The highest BCUT2D eigenvalue weighted by atomic mass is 16.9. The predicted octanol–water partition coefficient (Wildman–Crippen LogP) is 3.33. The molecule has 0 radical (unpaired) electrons. The van der Waals surface area contributed by atoms with E-state index < -0.39 is 23.1 Å². The smallest absolute Gasteiger partial charge is 0.281 e. The topological polar surface area (TPSA) is 82.1 Å².